The average molecular weight is 183 g/mol. The number of rotatable bonds is 2. The van der Waals surface area contributed by atoms with Crippen LogP contribution in [0.1, 0.15) is 10.7 Å². The molecule has 0 aliphatic carbocycles. The molecular formula is C7H9N3OS. The van der Waals surface area contributed by atoms with Crippen molar-refractivity contribution in [1.29, 1.82) is 5.41 Å². The summed E-state index contributed by atoms with van der Waals surface area (Å²) >= 11 is 1.30. The van der Waals surface area contributed by atoms with E-state index in [9.17, 15) is 4.79 Å². The molecule has 0 atom stereocenters. The summed E-state index contributed by atoms with van der Waals surface area (Å²) in [4.78, 5) is 15.0. The third-order valence-electron chi connectivity index (χ3n) is 1.29. The van der Waals surface area contributed by atoms with E-state index < -0.39 is 5.91 Å². The van der Waals surface area contributed by atoms with Gasteiger partial charge in [-0.2, -0.15) is 0 Å². The van der Waals surface area contributed by atoms with Crippen molar-refractivity contribution < 1.29 is 4.79 Å². The minimum absolute atomic E-state index is 0.0735. The lowest BCUT2D eigenvalue weighted by molar-refractivity contribution is -0.114. The van der Waals surface area contributed by atoms with Crippen molar-refractivity contribution in [3.05, 3.63) is 16.1 Å². The van der Waals surface area contributed by atoms with E-state index in [1.54, 1.807) is 0 Å². The van der Waals surface area contributed by atoms with Gasteiger partial charge >= 0.3 is 0 Å². The first-order valence-corrected chi connectivity index (χ1v) is 4.26. The second-order valence-corrected chi connectivity index (χ2v) is 3.11. The summed E-state index contributed by atoms with van der Waals surface area (Å²) in [5.74, 6) is -0.399. The Bertz CT molecular complexity index is 318. The Hall–Kier alpha value is -1.23. The number of amides is 1. The Morgan fingerprint density at radius 1 is 1.75 bits per heavy atom. The van der Waals surface area contributed by atoms with Gasteiger partial charge in [0.2, 0.25) is 0 Å². The molecule has 0 unspecified atom stereocenters. The van der Waals surface area contributed by atoms with Crippen LogP contribution in [-0.2, 0) is 4.79 Å². The molecule has 1 amide bonds. The number of nitrogens with zero attached hydrogens (tertiary/aromatic N) is 1. The summed E-state index contributed by atoms with van der Waals surface area (Å²) in [7, 11) is 1.50. The SMILES string of the molecule is CNC(=O)C(=N)c1nc(C)cs1. The predicted molar refractivity (Wildman–Crippen MR) is 47.7 cm³/mol. The fraction of sp³-hybridized carbons (Fsp3) is 0.286. The van der Waals surface area contributed by atoms with Gasteiger partial charge in [0.15, 0.2) is 5.71 Å². The van der Waals surface area contributed by atoms with Gasteiger partial charge in [-0.05, 0) is 6.92 Å². The number of nitrogens with one attached hydrogen (secondary N) is 2. The summed E-state index contributed by atoms with van der Waals surface area (Å²) in [5, 5.41) is 12.0. The summed E-state index contributed by atoms with van der Waals surface area (Å²) in [6.45, 7) is 1.83. The van der Waals surface area contributed by atoms with Gasteiger partial charge < -0.3 is 5.32 Å². The molecule has 0 aliphatic rings. The Kier molecular flexibility index (Phi) is 2.54. The fourth-order valence-corrected chi connectivity index (χ4v) is 1.43. The first-order valence-electron chi connectivity index (χ1n) is 3.38. The highest BCUT2D eigenvalue weighted by Crippen LogP contribution is 2.08. The standard InChI is InChI=1S/C7H9N3OS/c1-4-3-12-7(10-4)5(8)6(11)9-2/h3,8H,1-2H3,(H,9,11). The highest BCUT2D eigenvalue weighted by molar-refractivity contribution is 7.12. The van der Waals surface area contributed by atoms with E-state index in [-0.39, 0.29) is 5.71 Å². The number of aryl methyl sites for hydroxylation is 1. The summed E-state index contributed by atoms with van der Waals surface area (Å²) in [6, 6.07) is 0. The zero-order chi connectivity index (χ0) is 9.14. The average Bonchev–Trinajstić information content (AvgIpc) is 2.49. The van der Waals surface area contributed by atoms with Crippen molar-refractivity contribution in [2.24, 2.45) is 0 Å². The molecule has 1 heterocycles. The molecule has 0 saturated heterocycles. The molecule has 0 bridgehead atoms. The van der Waals surface area contributed by atoms with Gasteiger partial charge in [0.1, 0.15) is 5.01 Å². The number of aromatic nitrogens is 1. The first kappa shape index (κ1) is 8.86. The van der Waals surface area contributed by atoms with E-state index in [1.807, 2.05) is 12.3 Å². The third-order valence-corrected chi connectivity index (χ3v) is 2.26. The lowest BCUT2D eigenvalue weighted by Gasteiger charge is -1.96. The van der Waals surface area contributed by atoms with Gasteiger partial charge in [-0.15, -0.1) is 11.3 Å². The van der Waals surface area contributed by atoms with E-state index in [1.165, 1.54) is 18.4 Å². The van der Waals surface area contributed by atoms with Crippen LogP contribution in [-0.4, -0.2) is 23.7 Å². The van der Waals surface area contributed by atoms with Gasteiger partial charge in [-0.25, -0.2) is 4.98 Å². The van der Waals surface area contributed by atoms with Crippen molar-refractivity contribution in [1.82, 2.24) is 10.3 Å². The van der Waals surface area contributed by atoms with E-state index in [0.29, 0.717) is 5.01 Å². The van der Waals surface area contributed by atoms with Crippen LogP contribution in [0.25, 0.3) is 0 Å². The van der Waals surface area contributed by atoms with Gasteiger partial charge in [0.05, 0.1) is 0 Å². The van der Waals surface area contributed by atoms with E-state index in [2.05, 4.69) is 10.3 Å². The van der Waals surface area contributed by atoms with Crippen LogP contribution < -0.4 is 5.32 Å². The van der Waals surface area contributed by atoms with Gasteiger partial charge in [0, 0.05) is 18.1 Å². The highest BCUT2D eigenvalue weighted by atomic mass is 32.1. The maximum absolute atomic E-state index is 11.0. The van der Waals surface area contributed by atoms with Gasteiger partial charge in [-0.3, -0.25) is 10.2 Å². The molecule has 4 nitrogen and oxygen atoms in total. The maximum atomic E-state index is 11.0. The zero-order valence-corrected chi connectivity index (χ0v) is 7.66. The molecular weight excluding hydrogens is 174 g/mol. The molecule has 64 valence electrons. The zero-order valence-electron chi connectivity index (χ0n) is 6.84. The van der Waals surface area contributed by atoms with Crippen LogP contribution >= 0.6 is 11.3 Å². The van der Waals surface area contributed by atoms with Crippen molar-refractivity contribution in [3.8, 4) is 0 Å². The van der Waals surface area contributed by atoms with Crippen LogP contribution in [0.3, 0.4) is 0 Å². The summed E-state index contributed by atoms with van der Waals surface area (Å²) < 4.78 is 0. The number of hydrogen-bond acceptors (Lipinski definition) is 4. The Morgan fingerprint density at radius 3 is 2.83 bits per heavy atom. The maximum Gasteiger partial charge on any atom is 0.272 e. The van der Waals surface area contributed by atoms with Crippen molar-refractivity contribution >= 4 is 23.0 Å². The molecule has 0 aromatic carbocycles. The topological polar surface area (TPSA) is 65.8 Å². The summed E-state index contributed by atoms with van der Waals surface area (Å²) in [5.41, 5.74) is 0.763. The Labute approximate surface area is 74.1 Å². The Balaban J connectivity index is 2.85. The summed E-state index contributed by atoms with van der Waals surface area (Å²) in [6.07, 6.45) is 0. The molecule has 0 saturated carbocycles. The van der Waals surface area contributed by atoms with Gasteiger partial charge in [0.25, 0.3) is 5.91 Å². The number of likely N-dealkylation sites (N-methyl/N-ethyl adjacent to an activating group) is 1. The highest BCUT2D eigenvalue weighted by Gasteiger charge is 2.12. The molecule has 0 aliphatic heterocycles. The molecule has 0 radical (unpaired) electrons. The Morgan fingerprint density at radius 2 is 2.42 bits per heavy atom. The third kappa shape index (κ3) is 1.68. The molecule has 2 N–H and O–H groups in total. The van der Waals surface area contributed by atoms with Crippen LogP contribution in [0.4, 0.5) is 0 Å². The number of carbonyl (C=O) groups excluding carboxylic acids is 1. The molecule has 5 heteroatoms. The monoisotopic (exact) mass is 183 g/mol. The lowest BCUT2D eigenvalue weighted by atomic mass is 10.4. The minimum Gasteiger partial charge on any atom is -0.354 e. The number of hydrogen-bond donors (Lipinski definition) is 2. The largest absolute Gasteiger partial charge is 0.354 e. The van der Waals surface area contributed by atoms with Crippen molar-refractivity contribution in [3.63, 3.8) is 0 Å². The van der Waals surface area contributed by atoms with Crippen LogP contribution in [0.15, 0.2) is 5.38 Å². The molecule has 1 rings (SSSR count). The minimum atomic E-state index is -0.399. The van der Waals surface area contributed by atoms with E-state index >= 15 is 0 Å². The number of thiazole rings is 1. The molecule has 12 heavy (non-hydrogen) atoms. The molecule has 1 aromatic rings. The smallest absolute Gasteiger partial charge is 0.272 e. The van der Waals surface area contributed by atoms with Crippen LogP contribution in [0, 0.1) is 12.3 Å². The van der Waals surface area contributed by atoms with E-state index in [0.717, 1.165) is 5.69 Å². The second kappa shape index (κ2) is 3.44. The number of carbonyl (C=O) groups is 1. The van der Waals surface area contributed by atoms with Gasteiger partial charge in [-0.1, -0.05) is 0 Å². The van der Waals surface area contributed by atoms with E-state index in [4.69, 9.17) is 5.41 Å². The van der Waals surface area contributed by atoms with Crippen LogP contribution in [0.5, 0.6) is 0 Å². The van der Waals surface area contributed by atoms with Crippen LogP contribution in [0.2, 0.25) is 0 Å². The van der Waals surface area contributed by atoms with Crippen molar-refractivity contribution in [2.45, 2.75) is 6.92 Å². The van der Waals surface area contributed by atoms with Crippen molar-refractivity contribution in [2.75, 3.05) is 7.05 Å². The quantitative estimate of drug-likeness (QED) is 0.658. The molecule has 0 spiro atoms. The fourth-order valence-electron chi connectivity index (χ4n) is 0.691. The molecule has 0 fully saturated rings. The normalized spacial score (nSPS) is 9.50. The first-order chi connectivity index (χ1) is 5.65. The predicted octanol–water partition coefficient (Wildman–Crippen LogP) is 0.565. The molecule has 1 aromatic heterocycles. The lowest BCUT2D eigenvalue weighted by Crippen LogP contribution is -2.27. The second-order valence-electron chi connectivity index (χ2n) is 2.25.